The molecule has 1 aromatic carbocycles. The van der Waals surface area contributed by atoms with Crippen LogP contribution in [0.5, 0.6) is 11.8 Å². The number of aromatic nitrogens is 2. The van der Waals surface area contributed by atoms with E-state index in [1.54, 1.807) is 14.2 Å². The second-order valence-electron chi connectivity index (χ2n) is 5.08. The molecule has 0 atom stereocenters. The number of fused-ring (bicyclic) bond motifs is 1. The van der Waals surface area contributed by atoms with Crippen molar-refractivity contribution in [3.8, 4) is 11.8 Å². The van der Waals surface area contributed by atoms with Crippen molar-refractivity contribution in [3.05, 3.63) is 60.3 Å². The maximum atomic E-state index is 5.24. The Hall–Kier alpha value is -2.75. The zero-order chi connectivity index (χ0) is 15.7. The second-order valence-corrected chi connectivity index (χ2v) is 5.08. The smallest absolute Gasteiger partial charge is 0.216 e. The fraction of sp³-hybridized carbons (Fsp3) is 0.167. The lowest BCUT2D eigenvalue weighted by molar-refractivity contribution is 0.364. The van der Waals surface area contributed by atoms with Crippen LogP contribution in [0.15, 0.2) is 49.2 Å². The van der Waals surface area contributed by atoms with Gasteiger partial charge in [-0.1, -0.05) is 18.7 Å². The molecule has 2 aromatic heterocycles. The van der Waals surface area contributed by atoms with E-state index in [0.29, 0.717) is 11.8 Å². The van der Waals surface area contributed by atoms with E-state index >= 15 is 0 Å². The van der Waals surface area contributed by atoms with Crippen LogP contribution in [-0.2, 0) is 7.05 Å². The third-order valence-electron chi connectivity index (χ3n) is 3.80. The van der Waals surface area contributed by atoms with Gasteiger partial charge in [-0.2, -0.15) is 4.98 Å². The van der Waals surface area contributed by atoms with Gasteiger partial charge in [-0.05, 0) is 28.8 Å². The molecular weight excluding hydrogens is 276 g/mol. The molecule has 0 fully saturated rings. The molecule has 0 amide bonds. The van der Waals surface area contributed by atoms with E-state index in [2.05, 4.69) is 40.5 Å². The van der Waals surface area contributed by atoms with Crippen molar-refractivity contribution in [1.82, 2.24) is 9.55 Å². The highest BCUT2D eigenvalue weighted by atomic mass is 16.5. The van der Waals surface area contributed by atoms with E-state index < -0.39 is 0 Å². The topological polar surface area (TPSA) is 36.3 Å². The monoisotopic (exact) mass is 294 g/mol. The van der Waals surface area contributed by atoms with Crippen molar-refractivity contribution in [2.24, 2.45) is 7.05 Å². The van der Waals surface area contributed by atoms with Crippen molar-refractivity contribution < 1.29 is 9.47 Å². The summed E-state index contributed by atoms with van der Waals surface area (Å²) in [7, 11) is 5.21. The Morgan fingerprint density at radius 2 is 1.77 bits per heavy atom. The summed E-state index contributed by atoms with van der Waals surface area (Å²) in [6, 6.07) is 12.0. The van der Waals surface area contributed by atoms with E-state index in [9.17, 15) is 0 Å². The molecule has 0 radical (unpaired) electrons. The Balaban J connectivity index is 2.13. The number of hydrogen-bond donors (Lipinski definition) is 0. The number of benzene rings is 1. The van der Waals surface area contributed by atoms with Gasteiger partial charge < -0.3 is 14.0 Å². The maximum Gasteiger partial charge on any atom is 0.216 e. The van der Waals surface area contributed by atoms with E-state index in [1.807, 2.05) is 25.2 Å². The van der Waals surface area contributed by atoms with E-state index in [1.165, 1.54) is 10.9 Å². The molecule has 3 aromatic rings. The highest BCUT2D eigenvalue weighted by molar-refractivity contribution is 5.96. The third kappa shape index (κ3) is 2.33. The highest BCUT2D eigenvalue weighted by Crippen LogP contribution is 2.31. The summed E-state index contributed by atoms with van der Waals surface area (Å²) in [5, 5.41) is 1.17. The van der Waals surface area contributed by atoms with Crippen molar-refractivity contribution in [2.45, 2.75) is 0 Å². The van der Waals surface area contributed by atoms with Gasteiger partial charge in [0.05, 0.1) is 14.2 Å². The van der Waals surface area contributed by atoms with Crippen LogP contribution in [0.25, 0.3) is 16.5 Å². The minimum absolute atomic E-state index is 0.510. The van der Waals surface area contributed by atoms with Crippen LogP contribution >= 0.6 is 0 Å². The minimum atomic E-state index is 0.510. The quantitative estimate of drug-likeness (QED) is 0.737. The number of pyridine rings is 1. The first kappa shape index (κ1) is 14.2. The van der Waals surface area contributed by atoms with Crippen molar-refractivity contribution >= 4 is 16.5 Å². The first-order chi connectivity index (χ1) is 10.6. The fourth-order valence-corrected chi connectivity index (χ4v) is 2.59. The molecule has 0 saturated carbocycles. The highest BCUT2D eigenvalue weighted by Gasteiger charge is 2.11. The lowest BCUT2D eigenvalue weighted by Crippen LogP contribution is -1.96. The molecule has 0 bridgehead atoms. The van der Waals surface area contributed by atoms with Crippen LogP contribution in [0.3, 0.4) is 0 Å². The maximum absolute atomic E-state index is 5.24. The molecule has 4 nitrogen and oxygen atoms in total. The van der Waals surface area contributed by atoms with Gasteiger partial charge in [0.1, 0.15) is 0 Å². The summed E-state index contributed by atoms with van der Waals surface area (Å²) in [6.07, 6.45) is 2.05. The summed E-state index contributed by atoms with van der Waals surface area (Å²) < 4.78 is 12.6. The third-order valence-corrected chi connectivity index (χ3v) is 3.80. The van der Waals surface area contributed by atoms with Gasteiger partial charge >= 0.3 is 0 Å². The Morgan fingerprint density at radius 1 is 1.09 bits per heavy atom. The van der Waals surface area contributed by atoms with Crippen molar-refractivity contribution in [3.63, 3.8) is 0 Å². The SMILES string of the molecule is C=C(c1cc(OC)nc(OC)c1)c1cccc2c1ccn2C. The molecular formula is C18H18N2O2. The van der Waals surface area contributed by atoms with Crippen LogP contribution in [0.1, 0.15) is 11.1 Å². The van der Waals surface area contributed by atoms with Gasteiger partial charge in [0, 0.05) is 36.3 Å². The van der Waals surface area contributed by atoms with E-state index in [4.69, 9.17) is 9.47 Å². The molecule has 0 saturated heterocycles. The predicted molar refractivity (Wildman–Crippen MR) is 88.4 cm³/mol. The zero-order valence-corrected chi connectivity index (χ0v) is 13.0. The first-order valence-electron chi connectivity index (χ1n) is 6.98. The first-order valence-corrected chi connectivity index (χ1v) is 6.98. The fourth-order valence-electron chi connectivity index (χ4n) is 2.59. The average molecular weight is 294 g/mol. The largest absolute Gasteiger partial charge is 0.481 e. The standard InChI is InChI=1S/C18H18N2O2/c1-12(13-10-17(21-3)19-18(11-13)22-4)14-6-5-7-16-15(14)8-9-20(16)2/h5-11H,1H2,2-4H3. The van der Waals surface area contributed by atoms with Crippen LogP contribution in [0.4, 0.5) is 0 Å². The summed E-state index contributed by atoms with van der Waals surface area (Å²) in [6.45, 7) is 4.26. The lowest BCUT2D eigenvalue weighted by Gasteiger charge is -2.11. The Bertz CT molecular complexity index is 827. The molecule has 0 unspecified atom stereocenters. The van der Waals surface area contributed by atoms with Gasteiger partial charge in [0.25, 0.3) is 0 Å². The van der Waals surface area contributed by atoms with Gasteiger partial charge in [-0.25, -0.2) is 0 Å². The number of hydrogen-bond acceptors (Lipinski definition) is 3. The number of methoxy groups -OCH3 is 2. The summed E-state index contributed by atoms with van der Waals surface area (Å²) in [5.41, 5.74) is 4.11. The van der Waals surface area contributed by atoms with E-state index in [-0.39, 0.29) is 0 Å². The second kappa shape index (κ2) is 5.56. The lowest BCUT2D eigenvalue weighted by atomic mass is 9.97. The molecule has 22 heavy (non-hydrogen) atoms. The van der Waals surface area contributed by atoms with Crippen LogP contribution < -0.4 is 9.47 Å². The Morgan fingerprint density at radius 3 is 2.41 bits per heavy atom. The number of nitrogens with zero attached hydrogens (tertiary/aromatic N) is 2. The molecule has 0 aliphatic carbocycles. The summed E-state index contributed by atoms with van der Waals surface area (Å²) in [5.74, 6) is 1.02. The predicted octanol–water partition coefficient (Wildman–Crippen LogP) is 3.65. The minimum Gasteiger partial charge on any atom is -0.481 e. The zero-order valence-electron chi connectivity index (χ0n) is 13.0. The normalized spacial score (nSPS) is 10.7. The summed E-state index contributed by atoms with van der Waals surface area (Å²) in [4.78, 5) is 4.22. The van der Waals surface area contributed by atoms with Crippen LogP contribution in [0.2, 0.25) is 0 Å². The van der Waals surface area contributed by atoms with Gasteiger partial charge in [-0.15, -0.1) is 0 Å². The van der Waals surface area contributed by atoms with Gasteiger partial charge in [-0.3, -0.25) is 0 Å². The van der Waals surface area contributed by atoms with Crippen LogP contribution in [0, 0.1) is 0 Å². The molecule has 112 valence electrons. The molecule has 0 N–H and O–H groups in total. The van der Waals surface area contributed by atoms with Gasteiger partial charge in [0.15, 0.2) is 0 Å². The van der Waals surface area contributed by atoms with E-state index in [0.717, 1.165) is 16.7 Å². The molecule has 2 heterocycles. The molecule has 4 heteroatoms. The van der Waals surface area contributed by atoms with Crippen molar-refractivity contribution in [1.29, 1.82) is 0 Å². The molecule has 0 aliphatic heterocycles. The van der Waals surface area contributed by atoms with Crippen molar-refractivity contribution in [2.75, 3.05) is 14.2 Å². The number of aryl methyl sites for hydroxylation is 1. The van der Waals surface area contributed by atoms with Crippen LogP contribution in [-0.4, -0.2) is 23.8 Å². The van der Waals surface area contributed by atoms with Gasteiger partial charge in [0.2, 0.25) is 11.8 Å². The number of rotatable bonds is 4. The summed E-state index contributed by atoms with van der Waals surface area (Å²) >= 11 is 0. The average Bonchev–Trinajstić information content (AvgIpc) is 2.95. The number of ether oxygens (including phenoxy) is 2. The molecule has 3 rings (SSSR count). The Labute approximate surface area is 129 Å². The molecule has 0 aliphatic rings. The molecule has 0 spiro atoms. The Kier molecular flexibility index (Phi) is 3.59.